The monoisotopic (exact) mass is 327 g/mol. The van der Waals surface area contributed by atoms with Crippen LogP contribution in [0.1, 0.15) is 11.6 Å². The van der Waals surface area contributed by atoms with E-state index < -0.39 is 15.9 Å². The Morgan fingerprint density at radius 1 is 1.19 bits per heavy atom. The number of ether oxygens (including phenoxy) is 2. The van der Waals surface area contributed by atoms with Crippen molar-refractivity contribution in [3.8, 4) is 11.5 Å². The Labute approximate surface area is 128 Å². The molecule has 1 atom stereocenters. The van der Waals surface area contributed by atoms with E-state index in [0.29, 0.717) is 21.3 Å². The SMILES string of the molecule is COc1ccc(C(N)CS(=O)(=O)c2cccs2)cc1OC. The van der Waals surface area contributed by atoms with Gasteiger partial charge in [0.05, 0.1) is 20.0 Å². The summed E-state index contributed by atoms with van der Waals surface area (Å²) in [4.78, 5) is 0. The van der Waals surface area contributed by atoms with E-state index in [0.717, 1.165) is 0 Å². The predicted molar refractivity (Wildman–Crippen MR) is 82.8 cm³/mol. The molecular weight excluding hydrogens is 310 g/mol. The van der Waals surface area contributed by atoms with E-state index in [-0.39, 0.29) is 5.75 Å². The van der Waals surface area contributed by atoms with E-state index in [4.69, 9.17) is 15.2 Å². The molecule has 2 rings (SSSR count). The van der Waals surface area contributed by atoms with Gasteiger partial charge in [-0.3, -0.25) is 0 Å². The van der Waals surface area contributed by atoms with Crippen molar-refractivity contribution < 1.29 is 17.9 Å². The lowest BCUT2D eigenvalue weighted by molar-refractivity contribution is 0.354. The third-order valence-corrected chi connectivity index (χ3v) is 6.30. The lowest BCUT2D eigenvalue weighted by atomic mass is 10.1. The van der Waals surface area contributed by atoms with Crippen molar-refractivity contribution in [1.29, 1.82) is 0 Å². The molecule has 0 amide bonds. The second-order valence-electron chi connectivity index (χ2n) is 4.43. The van der Waals surface area contributed by atoms with Gasteiger partial charge in [0, 0.05) is 6.04 Å². The molecule has 0 saturated carbocycles. The molecule has 0 fully saturated rings. The smallest absolute Gasteiger partial charge is 0.189 e. The minimum absolute atomic E-state index is 0.150. The van der Waals surface area contributed by atoms with Crippen LogP contribution in [-0.2, 0) is 9.84 Å². The maximum atomic E-state index is 12.2. The summed E-state index contributed by atoms with van der Waals surface area (Å²) in [7, 11) is -0.314. The molecule has 0 bridgehead atoms. The average molecular weight is 327 g/mol. The van der Waals surface area contributed by atoms with Crippen LogP contribution in [0.5, 0.6) is 11.5 Å². The lowest BCUT2D eigenvalue weighted by Gasteiger charge is -2.14. The van der Waals surface area contributed by atoms with E-state index in [1.54, 1.807) is 42.8 Å². The van der Waals surface area contributed by atoms with E-state index in [2.05, 4.69) is 0 Å². The highest BCUT2D eigenvalue weighted by Crippen LogP contribution is 2.30. The topological polar surface area (TPSA) is 78.6 Å². The number of hydrogen-bond donors (Lipinski definition) is 1. The standard InChI is InChI=1S/C14H17NO4S2/c1-18-12-6-5-10(8-13(12)19-2)11(15)9-21(16,17)14-4-3-7-20-14/h3-8,11H,9,15H2,1-2H3. The first kappa shape index (κ1) is 15.8. The van der Waals surface area contributed by atoms with Crippen LogP contribution < -0.4 is 15.2 Å². The van der Waals surface area contributed by atoms with E-state index >= 15 is 0 Å². The highest BCUT2D eigenvalue weighted by molar-refractivity contribution is 7.93. The molecule has 1 aromatic heterocycles. The number of rotatable bonds is 6. The van der Waals surface area contributed by atoms with Crippen LogP contribution in [0.2, 0.25) is 0 Å². The summed E-state index contributed by atoms with van der Waals surface area (Å²) in [6.07, 6.45) is 0. The molecule has 21 heavy (non-hydrogen) atoms. The highest BCUT2D eigenvalue weighted by Gasteiger charge is 2.21. The van der Waals surface area contributed by atoms with Gasteiger partial charge < -0.3 is 15.2 Å². The molecule has 114 valence electrons. The van der Waals surface area contributed by atoms with Gasteiger partial charge >= 0.3 is 0 Å². The Morgan fingerprint density at radius 2 is 1.90 bits per heavy atom. The second-order valence-corrected chi connectivity index (χ2v) is 7.64. The van der Waals surface area contributed by atoms with E-state index in [1.807, 2.05) is 0 Å². The third-order valence-electron chi connectivity index (χ3n) is 3.04. The molecule has 0 aliphatic heterocycles. The molecule has 0 radical (unpaired) electrons. The molecular formula is C14H17NO4S2. The Balaban J connectivity index is 2.23. The van der Waals surface area contributed by atoms with Crippen LogP contribution >= 0.6 is 11.3 Å². The van der Waals surface area contributed by atoms with Crippen molar-refractivity contribution in [2.45, 2.75) is 10.3 Å². The van der Waals surface area contributed by atoms with Gasteiger partial charge in [0.25, 0.3) is 0 Å². The number of sulfone groups is 1. The Hall–Kier alpha value is -1.57. The predicted octanol–water partition coefficient (Wildman–Crippen LogP) is 2.24. The summed E-state index contributed by atoms with van der Waals surface area (Å²) >= 11 is 1.19. The van der Waals surface area contributed by atoms with Crippen molar-refractivity contribution in [3.63, 3.8) is 0 Å². The number of benzene rings is 1. The number of methoxy groups -OCH3 is 2. The van der Waals surface area contributed by atoms with Crippen LogP contribution in [0.3, 0.4) is 0 Å². The van der Waals surface area contributed by atoms with E-state index in [9.17, 15) is 8.42 Å². The van der Waals surface area contributed by atoms with Gasteiger partial charge in [0.1, 0.15) is 4.21 Å². The summed E-state index contributed by atoms with van der Waals surface area (Å²) in [6.45, 7) is 0. The van der Waals surface area contributed by atoms with Gasteiger partial charge in [-0.15, -0.1) is 11.3 Å². The zero-order valence-electron chi connectivity index (χ0n) is 11.8. The maximum absolute atomic E-state index is 12.2. The maximum Gasteiger partial charge on any atom is 0.189 e. The normalized spacial score (nSPS) is 12.9. The molecule has 0 spiro atoms. The lowest BCUT2D eigenvalue weighted by Crippen LogP contribution is -2.21. The van der Waals surface area contributed by atoms with Gasteiger partial charge in [-0.25, -0.2) is 8.42 Å². The first-order valence-corrected chi connectivity index (χ1v) is 8.75. The molecule has 7 heteroatoms. The first-order valence-electron chi connectivity index (χ1n) is 6.21. The van der Waals surface area contributed by atoms with Crippen molar-refractivity contribution in [2.75, 3.05) is 20.0 Å². The van der Waals surface area contributed by atoms with Crippen LogP contribution in [0.25, 0.3) is 0 Å². The van der Waals surface area contributed by atoms with Gasteiger partial charge in [-0.05, 0) is 29.1 Å². The largest absolute Gasteiger partial charge is 0.493 e. The van der Waals surface area contributed by atoms with Crippen molar-refractivity contribution >= 4 is 21.2 Å². The van der Waals surface area contributed by atoms with E-state index in [1.165, 1.54) is 18.4 Å². The van der Waals surface area contributed by atoms with Crippen LogP contribution in [0.15, 0.2) is 39.9 Å². The molecule has 2 N–H and O–H groups in total. The quantitative estimate of drug-likeness (QED) is 0.880. The molecule has 0 aliphatic carbocycles. The molecule has 0 aliphatic rings. The fourth-order valence-corrected chi connectivity index (χ4v) is 4.46. The van der Waals surface area contributed by atoms with Gasteiger partial charge in [0.15, 0.2) is 21.3 Å². The number of hydrogen-bond acceptors (Lipinski definition) is 6. The summed E-state index contributed by atoms with van der Waals surface area (Å²) in [5, 5.41) is 1.73. The van der Waals surface area contributed by atoms with Crippen LogP contribution in [0, 0.1) is 0 Å². The molecule has 5 nitrogen and oxygen atoms in total. The van der Waals surface area contributed by atoms with Crippen molar-refractivity contribution in [1.82, 2.24) is 0 Å². The summed E-state index contributed by atoms with van der Waals surface area (Å²) in [5.74, 6) is 0.955. The molecule has 1 heterocycles. The highest BCUT2D eigenvalue weighted by atomic mass is 32.2. The molecule has 1 unspecified atom stereocenters. The molecule has 2 aromatic rings. The first-order chi connectivity index (χ1) is 9.97. The Kier molecular flexibility index (Phi) is 4.87. The minimum Gasteiger partial charge on any atom is -0.493 e. The van der Waals surface area contributed by atoms with Gasteiger partial charge in [0.2, 0.25) is 0 Å². The van der Waals surface area contributed by atoms with Gasteiger partial charge in [-0.2, -0.15) is 0 Å². The van der Waals surface area contributed by atoms with Crippen molar-refractivity contribution in [2.24, 2.45) is 5.73 Å². The second kappa shape index (κ2) is 6.46. The fraction of sp³-hybridized carbons (Fsp3) is 0.286. The van der Waals surface area contributed by atoms with Crippen LogP contribution in [-0.4, -0.2) is 28.4 Å². The summed E-state index contributed by atoms with van der Waals surface area (Å²) in [5.41, 5.74) is 6.72. The molecule has 1 aromatic carbocycles. The number of nitrogens with two attached hydrogens (primary N) is 1. The van der Waals surface area contributed by atoms with Gasteiger partial charge in [-0.1, -0.05) is 12.1 Å². The minimum atomic E-state index is -3.38. The average Bonchev–Trinajstić information content (AvgIpc) is 3.01. The summed E-state index contributed by atoms with van der Waals surface area (Å²) in [6, 6.07) is 7.83. The zero-order chi connectivity index (χ0) is 15.5. The van der Waals surface area contributed by atoms with Crippen LogP contribution in [0.4, 0.5) is 0 Å². The Bertz CT molecular complexity index is 696. The summed E-state index contributed by atoms with van der Waals surface area (Å²) < 4.78 is 35.1. The van der Waals surface area contributed by atoms with Crippen molar-refractivity contribution in [3.05, 3.63) is 41.3 Å². The third kappa shape index (κ3) is 3.55. The fourth-order valence-electron chi connectivity index (χ4n) is 1.94. The Morgan fingerprint density at radius 3 is 2.48 bits per heavy atom. The number of thiophene rings is 1. The molecule has 0 saturated heterocycles. The zero-order valence-corrected chi connectivity index (χ0v) is 13.4.